The van der Waals surface area contributed by atoms with E-state index in [0.29, 0.717) is 6.29 Å². The van der Waals surface area contributed by atoms with Crippen molar-refractivity contribution in [3.05, 3.63) is 96.6 Å². The van der Waals surface area contributed by atoms with Crippen molar-refractivity contribution in [1.29, 1.82) is 0 Å². The molecule has 4 nitrogen and oxygen atoms in total. The van der Waals surface area contributed by atoms with Crippen LogP contribution in [0.2, 0.25) is 0 Å². The number of rotatable bonds is 3. The van der Waals surface area contributed by atoms with Crippen LogP contribution in [-0.2, 0) is 0 Å². The minimum absolute atomic E-state index is 0.0227. The van der Waals surface area contributed by atoms with Gasteiger partial charge in [-0.05, 0) is 48.0 Å². The molecule has 0 saturated carbocycles. The average molecular weight is 378 g/mol. The van der Waals surface area contributed by atoms with Gasteiger partial charge >= 0.3 is 0 Å². The Morgan fingerprint density at radius 2 is 1.55 bits per heavy atom. The highest BCUT2D eigenvalue weighted by atomic mass is 16.3. The second-order valence-corrected chi connectivity index (χ2v) is 6.91. The maximum atomic E-state index is 11.1. The summed E-state index contributed by atoms with van der Waals surface area (Å²) in [5, 5.41) is 13.8. The van der Waals surface area contributed by atoms with E-state index in [4.69, 9.17) is 0 Å². The Morgan fingerprint density at radius 1 is 0.793 bits per heavy atom. The van der Waals surface area contributed by atoms with E-state index in [1.165, 1.54) is 0 Å². The fourth-order valence-corrected chi connectivity index (χ4v) is 3.81. The number of hydrogen-bond acceptors (Lipinski definition) is 4. The lowest BCUT2D eigenvalue weighted by Gasteiger charge is -2.35. The molecule has 0 spiro atoms. The van der Waals surface area contributed by atoms with Gasteiger partial charge in [-0.15, -0.1) is 0 Å². The second-order valence-electron chi connectivity index (χ2n) is 6.91. The van der Waals surface area contributed by atoms with E-state index in [-0.39, 0.29) is 11.3 Å². The third kappa shape index (κ3) is 2.82. The Morgan fingerprint density at radius 3 is 2.34 bits per heavy atom. The van der Waals surface area contributed by atoms with E-state index < -0.39 is 0 Å². The summed E-state index contributed by atoms with van der Waals surface area (Å²) in [6.07, 6.45) is 0.660. The minimum Gasteiger partial charge on any atom is -0.507 e. The molecule has 0 aliphatic carbocycles. The average Bonchev–Trinajstić information content (AvgIpc) is 2.77. The first-order chi connectivity index (χ1) is 14.3. The van der Waals surface area contributed by atoms with Crippen LogP contribution in [0.5, 0.6) is 5.75 Å². The lowest BCUT2D eigenvalue weighted by atomic mass is 9.97. The van der Waals surface area contributed by atoms with Crippen LogP contribution < -0.4 is 10.2 Å². The number of benzene rings is 4. The number of nitrogens with zero attached hydrogens (tertiary/aromatic N) is 1. The molecule has 5 rings (SSSR count). The number of hydrogen-bond donors (Lipinski definition) is 2. The molecule has 4 aromatic carbocycles. The van der Waals surface area contributed by atoms with Crippen molar-refractivity contribution in [3.8, 4) is 16.9 Å². The van der Waals surface area contributed by atoms with Gasteiger partial charge in [-0.3, -0.25) is 4.79 Å². The van der Waals surface area contributed by atoms with Crippen molar-refractivity contribution in [1.82, 2.24) is 0 Å². The molecular formula is C25H18N2O2. The van der Waals surface area contributed by atoms with E-state index in [1.54, 1.807) is 12.1 Å². The Balaban J connectivity index is 1.77. The lowest BCUT2D eigenvalue weighted by Crippen LogP contribution is -2.18. The Kier molecular flexibility index (Phi) is 4.03. The summed E-state index contributed by atoms with van der Waals surface area (Å²) in [4.78, 5) is 13.3. The maximum absolute atomic E-state index is 11.1. The van der Waals surface area contributed by atoms with Gasteiger partial charge < -0.3 is 15.3 Å². The monoisotopic (exact) mass is 378 g/mol. The van der Waals surface area contributed by atoms with Crippen LogP contribution in [-0.4, -0.2) is 11.4 Å². The fraction of sp³-hybridized carbons (Fsp3) is 0. The predicted molar refractivity (Wildman–Crippen MR) is 117 cm³/mol. The molecule has 2 N–H and O–H groups in total. The highest BCUT2D eigenvalue weighted by Crippen LogP contribution is 2.51. The molecule has 0 amide bonds. The Bertz CT molecular complexity index is 1220. The van der Waals surface area contributed by atoms with E-state index in [0.717, 1.165) is 39.6 Å². The van der Waals surface area contributed by atoms with Gasteiger partial charge in [0, 0.05) is 11.3 Å². The zero-order valence-electron chi connectivity index (χ0n) is 15.5. The first-order valence-electron chi connectivity index (χ1n) is 9.39. The zero-order chi connectivity index (χ0) is 19.8. The molecule has 0 bridgehead atoms. The van der Waals surface area contributed by atoms with Gasteiger partial charge in [0.05, 0.1) is 28.3 Å². The quantitative estimate of drug-likeness (QED) is 0.357. The second kappa shape index (κ2) is 6.84. The van der Waals surface area contributed by atoms with Crippen molar-refractivity contribution in [2.24, 2.45) is 0 Å². The largest absolute Gasteiger partial charge is 0.507 e. The molecule has 0 fully saturated rings. The summed E-state index contributed by atoms with van der Waals surface area (Å²) in [7, 11) is 0. The van der Waals surface area contributed by atoms with Crippen LogP contribution in [0.1, 0.15) is 10.4 Å². The summed E-state index contributed by atoms with van der Waals surface area (Å²) in [6.45, 7) is 0. The van der Waals surface area contributed by atoms with Gasteiger partial charge in [0.25, 0.3) is 0 Å². The highest BCUT2D eigenvalue weighted by molar-refractivity contribution is 6.03. The van der Waals surface area contributed by atoms with Crippen molar-refractivity contribution >= 4 is 34.7 Å². The minimum atomic E-state index is -0.0227. The number of fused-ring (bicyclic) bond motifs is 2. The standard InChI is InChI=1S/C25H18N2O2/c28-16-18-14-13-17(15-24(18)29)20-9-6-11-22-25(20)27(19-7-2-1-3-8-19)23-12-5-4-10-21(23)26-22/h1-16,26,29H. The Hall–Kier alpha value is -4.05. The van der Waals surface area contributed by atoms with E-state index in [2.05, 4.69) is 34.5 Å². The smallest absolute Gasteiger partial charge is 0.153 e. The number of phenols is 1. The van der Waals surface area contributed by atoms with Crippen LogP contribution in [0.25, 0.3) is 11.1 Å². The van der Waals surface area contributed by atoms with Crippen LogP contribution >= 0.6 is 0 Å². The molecule has 1 aliphatic rings. The van der Waals surface area contributed by atoms with Gasteiger partial charge in [0.15, 0.2) is 6.29 Å². The molecular weight excluding hydrogens is 360 g/mol. The molecule has 1 aliphatic heterocycles. The summed E-state index contributed by atoms with van der Waals surface area (Å²) in [5.74, 6) is -0.0227. The fourth-order valence-electron chi connectivity index (χ4n) is 3.81. The van der Waals surface area contributed by atoms with E-state index in [9.17, 15) is 9.90 Å². The summed E-state index contributed by atoms with van der Waals surface area (Å²) < 4.78 is 0. The molecule has 0 saturated heterocycles. The van der Waals surface area contributed by atoms with Gasteiger partial charge in [0.2, 0.25) is 0 Å². The first-order valence-corrected chi connectivity index (χ1v) is 9.39. The number of phenolic OH excluding ortho intramolecular Hbond substituents is 1. The van der Waals surface area contributed by atoms with Crippen molar-refractivity contribution < 1.29 is 9.90 Å². The maximum Gasteiger partial charge on any atom is 0.153 e. The summed E-state index contributed by atoms with van der Waals surface area (Å²) in [5.41, 5.74) is 7.17. The van der Waals surface area contributed by atoms with Gasteiger partial charge in [-0.1, -0.05) is 48.5 Å². The predicted octanol–water partition coefficient (Wildman–Crippen LogP) is 6.40. The van der Waals surface area contributed by atoms with Crippen LogP contribution in [0.15, 0.2) is 91.0 Å². The number of aldehydes is 1. The third-order valence-electron chi connectivity index (χ3n) is 5.16. The number of carbonyl (C=O) groups is 1. The molecule has 4 heteroatoms. The van der Waals surface area contributed by atoms with Crippen LogP contribution in [0.3, 0.4) is 0 Å². The van der Waals surface area contributed by atoms with Crippen LogP contribution in [0.4, 0.5) is 28.4 Å². The molecule has 140 valence electrons. The molecule has 0 radical (unpaired) electrons. The molecule has 4 aromatic rings. The first kappa shape index (κ1) is 17.1. The van der Waals surface area contributed by atoms with Crippen molar-refractivity contribution in [3.63, 3.8) is 0 Å². The van der Waals surface area contributed by atoms with Crippen molar-refractivity contribution in [2.75, 3.05) is 10.2 Å². The number of anilines is 5. The molecule has 0 aromatic heterocycles. The normalized spacial score (nSPS) is 11.9. The zero-order valence-corrected chi connectivity index (χ0v) is 15.5. The highest BCUT2D eigenvalue weighted by Gasteiger charge is 2.26. The SMILES string of the molecule is O=Cc1ccc(-c2cccc3c2N(c2ccccc2)c2ccccc2N3)cc1O. The van der Waals surface area contributed by atoms with Gasteiger partial charge in [-0.2, -0.15) is 0 Å². The van der Waals surface area contributed by atoms with Crippen LogP contribution in [0, 0.1) is 0 Å². The van der Waals surface area contributed by atoms with E-state index >= 15 is 0 Å². The van der Waals surface area contributed by atoms with Crippen molar-refractivity contribution in [2.45, 2.75) is 0 Å². The number of nitrogens with one attached hydrogen (secondary N) is 1. The lowest BCUT2D eigenvalue weighted by molar-refractivity contribution is 0.112. The van der Waals surface area contributed by atoms with E-state index in [1.807, 2.05) is 54.6 Å². The molecule has 1 heterocycles. The number of para-hydroxylation sites is 4. The topological polar surface area (TPSA) is 52.6 Å². The number of aromatic hydroxyl groups is 1. The molecule has 29 heavy (non-hydrogen) atoms. The summed E-state index contributed by atoms with van der Waals surface area (Å²) in [6, 6.07) is 29.6. The summed E-state index contributed by atoms with van der Waals surface area (Å²) >= 11 is 0. The Labute approximate surface area is 168 Å². The van der Waals surface area contributed by atoms with Gasteiger partial charge in [-0.25, -0.2) is 0 Å². The molecule has 0 atom stereocenters. The molecule has 0 unspecified atom stereocenters. The third-order valence-corrected chi connectivity index (χ3v) is 5.16. The van der Waals surface area contributed by atoms with Gasteiger partial charge in [0.1, 0.15) is 5.75 Å². The number of carbonyl (C=O) groups excluding carboxylic acids is 1.